The Morgan fingerprint density at radius 2 is 2.00 bits per heavy atom. The molecule has 4 heteroatoms. The van der Waals surface area contributed by atoms with Gasteiger partial charge >= 0.3 is 0 Å². The summed E-state index contributed by atoms with van der Waals surface area (Å²) in [7, 11) is 0. The van der Waals surface area contributed by atoms with Crippen molar-refractivity contribution in [1.29, 1.82) is 0 Å². The molecule has 0 saturated heterocycles. The number of aliphatic imine (C=N–C) groups is 2. The van der Waals surface area contributed by atoms with Gasteiger partial charge in [0.15, 0.2) is 11.8 Å². The average molecular weight is 210 g/mol. The van der Waals surface area contributed by atoms with Crippen molar-refractivity contribution in [3.05, 3.63) is 0 Å². The van der Waals surface area contributed by atoms with E-state index in [2.05, 4.69) is 16.9 Å². The van der Waals surface area contributed by atoms with Crippen LogP contribution in [-0.2, 0) is 9.47 Å². The summed E-state index contributed by atoms with van der Waals surface area (Å²) >= 11 is 0. The van der Waals surface area contributed by atoms with Crippen LogP contribution in [0.4, 0.5) is 0 Å². The number of hydrogen-bond donors (Lipinski definition) is 0. The molecule has 0 radical (unpaired) electrons. The molecule has 0 aliphatic carbocycles. The summed E-state index contributed by atoms with van der Waals surface area (Å²) in [5.74, 6) is 1.86. The molecule has 0 spiro atoms. The summed E-state index contributed by atoms with van der Waals surface area (Å²) < 4.78 is 10.9. The lowest BCUT2D eigenvalue weighted by atomic mass is 10.2. The zero-order valence-electron chi connectivity index (χ0n) is 9.24. The van der Waals surface area contributed by atoms with Crippen molar-refractivity contribution in [3.63, 3.8) is 0 Å². The lowest BCUT2D eigenvalue weighted by Gasteiger charge is -2.05. The fraction of sp³-hybridized carbons (Fsp3) is 0.818. The van der Waals surface area contributed by atoms with Gasteiger partial charge in [-0.25, -0.2) is 0 Å². The van der Waals surface area contributed by atoms with Crippen molar-refractivity contribution in [3.8, 4) is 0 Å². The zero-order valence-corrected chi connectivity index (χ0v) is 9.24. The molecule has 0 saturated carbocycles. The van der Waals surface area contributed by atoms with Gasteiger partial charge in [0.2, 0.25) is 0 Å². The standard InChI is InChI=1S/C11H18N2O2/c1-9-8-13-11(15-9)5-3-2-4-10-12-6-7-14-10/h9H,2-8H2,1H3. The molecule has 84 valence electrons. The van der Waals surface area contributed by atoms with E-state index >= 15 is 0 Å². The van der Waals surface area contributed by atoms with Crippen molar-refractivity contribution < 1.29 is 9.47 Å². The molecular formula is C11H18N2O2. The quantitative estimate of drug-likeness (QED) is 0.649. The molecule has 2 heterocycles. The van der Waals surface area contributed by atoms with E-state index in [1.807, 2.05) is 0 Å². The molecule has 0 fully saturated rings. The lowest BCUT2D eigenvalue weighted by Crippen LogP contribution is -2.07. The van der Waals surface area contributed by atoms with Crippen LogP contribution in [0.15, 0.2) is 9.98 Å². The van der Waals surface area contributed by atoms with Gasteiger partial charge in [-0.05, 0) is 19.8 Å². The molecule has 0 aromatic heterocycles. The predicted molar refractivity (Wildman–Crippen MR) is 59.6 cm³/mol. The van der Waals surface area contributed by atoms with E-state index in [1.54, 1.807) is 0 Å². The molecule has 0 bridgehead atoms. The monoisotopic (exact) mass is 210 g/mol. The minimum Gasteiger partial charge on any atom is -0.479 e. The largest absolute Gasteiger partial charge is 0.479 e. The van der Waals surface area contributed by atoms with Crippen molar-refractivity contribution in [2.45, 2.75) is 38.7 Å². The van der Waals surface area contributed by atoms with Crippen LogP contribution in [0, 0.1) is 0 Å². The highest BCUT2D eigenvalue weighted by molar-refractivity contribution is 5.78. The fourth-order valence-electron chi connectivity index (χ4n) is 1.76. The Morgan fingerprint density at radius 1 is 1.20 bits per heavy atom. The van der Waals surface area contributed by atoms with Gasteiger partial charge in [0.25, 0.3) is 0 Å². The molecule has 2 aliphatic heterocycles. The molecule has 0 aromatic rings. The van der Waals surface area contributed by atoms with E-state index in [0.717, 1.165) is 57.2 Å². The second kappa shape index (κ2) is 5.14. The summed E-state index contributed by atoms with van der Waals surface area (Å²) in [6, 6.07) is 0. The van der Waals surface area contributed by atoms with Crippen LogP contribution < -0.4 is 0 Å². The van der Waals surface area contributed by atoms with Crippen molar-refractivity contribution >= 4 is 11.8 Å². The van der Waals surface area contributed by atoms with Crippen molar-refractivity contribution in [2.24, 2.45) is 9.98 Å². The summed E-state index contributed by atoms with van der Waals surface area (Å²) in [6.07, 6.45) is 4.41. The minimum atomic E-state index is 0.280. The molecule has 4 nitrogen and oxygen atoms in total. The SMILES string of the molecule is CC1CN=C(CCCCC2=NCCO2)O1. The maximum Gasteiger partial charge on any atom is 0.183 e. The minimum absolute atomic E-state index is 0.280. The van der Waals surface area contributed by atoms with Crippen molar-refractivity contribution in [1.82, 2.24) is 0 Å². The van der Waals surface area contributed by atoms with Gasteiger partial charge in [0, 0.05) is 12.8 Å². The van der Waals surface area contributed by atoms with E-state index < -0.39 is 0 Å². The van der Waals surface area contributed by atoms with Gasteiger partial charge in [-0.3, -0.25) is 9.98 Å². The number of nitrogens with zero attached hydrogens (tertiary/aromatic N) is 2. The Morgan fingerprint density at radius 3 is 2.60 bits per heavy atom. The Labute approximate surface area is 90.4 Å². The molecular weight excluding hydrogens is 192 g/mol. The van der Waals surface area contributed by atoms with Gasteiger partial charge in [0.1, 0.15) is 12.7 Å². The van der Waals surface area contributed by atoms with Crippen LogP contribution in [0.5, 0.6) is 0 Å². The van der Waals surface area contributed by atoms with Crippen molar-refractivity contribution in [2.75, 3.05) is 19.7 Å². The molecule has 1 atom stereocenters. The highest BCUT2D eigenvalue weighted by Gasteiger charge is 2.14. The molecule has 2 aliphatic rings. The molecule has 1 unspecified atom stereocenters. The van der Waals surface area contributed by atoms with Crippen LogP contribution in [0.25, 0.3) is 0 Å². The maximum atomic E-state index is 5.52. The predicted octanol–water partition coefficient (Wildman–Crippen LogP) is 1.79. The van der Waals surface area contributed by atoms with Gasteiger partial charge in [0.05, 0.1) is 13.1 Å². The number of rotatable bonds is 5. The first kappa shape index (κ1) is 10.5. The third-order valence-corrected chi connectivity index (χ3v) is 2.54. The number of ether oxygens (including phenoxy) is 2. The highest BCUT2D eigenvalue weighted by atomic mass is 16.5. The van der Waals surface area contributed by atoms with Crippen LogP contribution in [0.3, 0.4) is 0 Å². The second-order valence-electron chi connectivity index (χ2n) is 3.99. The van der Waals surface area contributed by atoms with Gasteiger partial charge < -0.3 is 9.47 Å². The van der Waals surface area contributed by atoms with Gasteiger partial charge in [-0.15, -0.1) is 0 Å². The zero-order chi connectivity index (χ0) is 10.5. The topological polar surface area (TPSA) is 43.2 Å². The average Bonchev–Trinajstić information content (AvgIpc) is 2.84. The van der Waals surface area contributed by atoms with Crippen LogP contribution in [0.1, 0.15) is 32.6 Å². The summed E-state index contributed by atoms with van der Waals surface area (Å²) in [4.78, 5) is 8.57. The van der Waals surface area contributed by atoms with Gasteiger partial charge in [-0.1, -0.05) is 0 Å². The van der Waals surface area contributed by atoms with E-state index in [-0.39, 0.29) is 6.10 Å². The lowest BCUT2D eigenvalue weighted by molar-refractivity contribution is 0.238. The number of unbranched alkanes of at least 4 members (excludes halogenated alkanes) is 1. The van der Waals surface area contributed by atoms with E-state index in [9.17, 15) is 0 Å². The highest BCUT2D eigenvalue weighted by Crippen LogP contribution is 2.11. The van der Waals surface area contributed by atoms with Gasteiger partial charge in [-0.2, -0.15) is 0 Å². The Kier molecular flexibility index (Phi) is 3.59. The van der Waals surface area contributed by atoms with Crippen LogP contribution in [-0.4, -0.2) is 37.6 Å². The molecule has 0 N–H and O–H groups in total. The van der Waals surface area contributed by atoms with E-state index in [1.165, 1.54) is 0 Å². The molecule has 0 aromatic carbocycles. The fourth-order valence-corrected chi connectivity index (χ4v) is 1.76. The second-order valence-corrected chi connectivity index (χ2v) is 3.99. The third-order valence-electron chi connectivity index (χ3n) is 2.54. The summed E-state index contributed by atoms with van der Waals surface area (Å²) in [5, 5.41) is 0. The first-order chi connectivity index (χ1) is 7.34. The Bertz CT molecular complexity index is 274. The normalized spacial score (nSPS) is 24.5. The Balaban J connectivity index is 1.55. The smallest absolute Gasteiger partial charge is 0.183 e. The molecule has 0 amide bonds. The molecule has 2 rings (SSSR count). The first-order valence-electron chi connectivity index (χ1n) is 5.71. The Hall–Kier alpha value is -1.06. The maximum absolute atomic E-state index is 5.52. The number of hydrogen-bond acceptors (Lipinski definition) is 4. The summed E-state index contributed by atoms with van der Waals surface area (Å²) in [6.45, 7) is 4.48. The van der Waals surface area contributed by atoms with Crippen LogP contribution in [0.2, 0.25) is 0 Å². The third kappa shape index (κ3) is 3.22. The first-order valence-corrected chi connectivity index (χ1v) is 5.71. The van der Waals surface area contributed by atoms with Crippen LogP contribution >= 0.6 is 0 Å². The van der Waals surface area contributed by atoms with E-state index in [0.29, 0.717) is 0 Å². The molecule has 15 heavy (non-hydrogen) atoms. The van der Waals surface area contributed by atoms with E-state index in [4.69, 9.17) is 9.47 Å². The summed E-state index contributed by atoms with van der Waals surface area (Å²) in [5.41, 5.74) is 0.